The number of hydrogen-bond donors (Lipinski definition) is 1. The molecule has 1 aromatic rings. The van der Waals surface area contributed by atoms with Crippen molar-refractivity contribution in [3.05, 3.63) is 18.0 Å². The molecule has 6 nitrogen and oxygen atoms in total. The Balaban J connectivity index is 2.18. The number of likely N-dealkylation sites (tertiary alicyclic amines) is 1. The molecule has 1 aliphatic heterocycles. The van der Waals surface area contributed by atoms with Crippen molar-refractivity contribution in [1.29, 1.82) is 0 Å². The summed E-state index contributed by atoms with van der Waals surface area (Å²) in [6, 6.07) is 1.53. The maximum Gasteiger partial charge on any atom is 0.308 e. The third-order valence-corrected chi connectivity index (χ3v) is 3.83. The van der Waals surface area contributed by atoms with Crippen LogP contribution in [0, 0.1) is 11.8 Å². The van der Waals surface area contributed by atoms with E-state index in [1.165, 1.54) is 0 Å². The molecule has 0 aromatic carbocycles. The summed E-state index contributed by atoms with van der Waals surface area (Å²) in [6.07, 6.45) is 2.10. The molecule has 19 heavy (non-hydrogen) atoms. The summed E-state index contributed by atoms with van der Waals surface area (Å²) in [6.45, 7) is 4.00. The summed E-state index contributed by atoms with van der Waals surface area (Å²) in [4.78, 5) is 25.0. The van der Waals surface area contributed by atoms with Crippen molar-refractivity contribution in [1.82, 2.24) is 14.7 Å². The number of carbonyl (C=O) groups is 2. The molecule has 1 aliphatic rings. The molecule has 0 bridgehead atoms. The molecule has 0 saturated carbocycles. The number of aromatic nitrogens is 2. The molecule has 1 aromatic heterocycles. The van der Waals surface area contributed by atoms with Gasteiger partial charge < -0.3 is 10.0 Å². The van der Waals surface area contributed by atoms with Crippen LogP contribution in [0.2, 0.25) is 0 Å². The van der Waals surface area contributed by atoms with Crippen LogP contribution in [0.5, 0.6) is 0 Å². The van der Waals surface area contributed by atoms with E-state index < -0.39 is 11.9 Å². The number of aliphatic carboxylic acids is 1. The number of rotatable bonds is 3. The fourth-order valence-electron chi connectivity index (χ4n) is 2.82. The minimum atomic E-state index is -0.835. The lowest BCUT2D eigenvalue weighted by molar-refractivity contribution is -0.155. The van der Waals surface area contributed by atoms with Crippen LogP contribution in [-0.2, 0) is 23.2 Å². The Labute approximate surface area is 112 Å². The molecule has 6 heteroatoms. The maximum atomic E-state index is 12.1. The monoisotopic (exact) mass is 265 g/mol. The zero-order valence-electron chi connectivity index (χ0n) is 11.4. The van der Waals surface area contributed by atoms with Crippen LogP contribution in [0.15, 0.2) is 12.3 Å². The first-order chi connectivity index (χ1) is 8.90. The topological polar surface area (TPSA) is 75.4 Å². The van der Waals surface area contributed by atoms with Crippen LogP contribution in [0.25, 0.3) is 0 Å². The van der Waals surface area contributed by atoms with Gasteiger partial charge in [-0.05, 0) is 18.9 Å². The number of hydrogen-bond acceptors (Lipinski definition) is 3. The molecule has 3 atom stereocenters. The fraction of sp³-hybridized carbons (Fsp3) is 0.615. The second kappa shape index (κ2) is 5.03. The number of carbonyl (C=O) groups excluding carboxylic acids is 1. The van der Waals surface area contributed by atoms with Crippen LogP contribution in [0.1, 0.15) is 26.0 Å². The summed E-state index contributed by atoms with van der Waals surface area (Å²) in [7, 11) is 1.81. The van der Waals surface area contributed by atoms with Crippen LogP contribution >= 0.6 is 0 Å². The highest BCUT2D eigenvalue weighted by atomic mass is 16.4. The number of carboxylic acid groups (broad SMARTS) is 1. The van der Waals surface area contributed by atoms with Crippen molar-refractivity contribution in [2.45, 2.75) is 32.9 Å². The van der Waals surface area contributed by atoms with E-state index in [1.54, 1.807) is 16.5 Å². The summed E-state index contributed by atoms with van der Waals surface area (Å²) >= 11 is 0. The highest BCUT2D eigenvalue weighted by molar-refractivity contribution is 5.81. The Bertz CT molecular complexity index is 497. The quantitative estimate of drug-likeness (QED) is 0.880. The van der Waals surface area contributed by atoms with Crippen LogP contribution in [0.3, 0.4) is 0 Å². The maximum absolute atomic E-state index is 12.1. The number of aryl methyl sites for hydroxylation is 1. The molecule has 0 aliphatic carbocycles. The van der Waals surface area contributed by atoms with E-state index in [-0.39, 0.29) is 24.3 Å². The molecular formula is C13H19N3O3. The normalized spacial score (nSPS) is 27.6. The molecule has 104 valence electrons. The number of amides is 1. The van der Waals surface area contributed by atoms with Crippen molar-refractivity contribution in [2.75, 3.05) is 0 Å². The minimum Gasteiger partial charge on any atom is -0.481 e. The Kier molecular flexibility index (Phi) is 3.59. The van der Waals surface area contributed by atoms with Gasteiger partial charge >= 0.3 is 5.97 Å². The van der Waals surface area contributed by atoms with E-state index in [1.807, 2.05) is 26.2 Å². The standard InChI is InChI=1S/C13H19N3O3/c1-8-6-11(17)16(9(2)12(8)13(18)19)7-10-4-5-15(3)14-10/h4-5,8-9,12H,6-7H2,1-3H3,(H,18,19). The summed E-state index contributed by atoms with van der Waals surface area (Å²) < 4.78 is 1.67. The fourth-order valence-corrected chi connectivity index (χ4v) is 2.82. The number of piperidine rings is 1. The van der Waals surface area contributed by atoms with E-state index in [9.17, 15) is 14.7 Å². The van der Waals surface area contributed by atoms with E-state index in [2.05, 4.69) is 5.10 Å². The predicted molar refractivity (Wildman–Crippen MR) is 68.1 cm³/mol. The number of carboxylic acids is 1. The lowest BCUT2D eigenvalue weighted by atomic mass is 9.81. The molecule has 2 heterocycles. The summed E-state index contributed by atoms with van der Waals surface area (Å²) in [5.41, 5.74) is 0.779. The Morgan fingerprint density at radius 1 is 1.53 bits per heavy atom. The third kappa shape index (κ3) is 2.62. The van der Waals surface area contributed by atoms with Gasteiger partial charge in [0.1, 0.15) is 0 Å². The Morgan fingerprint density at radius 2 is 2.21 bits per heavy atom. The molecule has 0 spiro atoms. The molecule has 1 N–H and O–H groups in total. The Morgan fingerprint density at radius 3 is 2.74 bits per heavy atom. The largest absolute Gasteiger partial charge is 0.481 e. The van der Waals surface area contributed by atoms with Gasteiger partial charge in [-0.25, -0.2) is 0 Å². The van der Waals surface area contributed by atoms with Gasteiger partial charge in [0.05, 0.1) is 18.2 Å². The van der Waals surface area contributed by atoms with Gasteiger partial charge in [0, 0.05) is 25.7 Å². The first kappa shape index (κ1) is 13.6. The molecule has 1 saturated heterocycles. The second-order valence-electron chi connectivity index (χ2n) is 5.29. The van der Waals surface area contributed by atoms with Crippen molar-refractivity contribution in [3.8, 4) is 0 Å². The lowest BCUT2D eigenvalue weighted by Gasteiger charge is -2.40. The molecule has 2 rings (SSSR count). The highest BCUT2D eigenvalue weighted by Gasteiger charge is 2.41. The first-order valence-electron chi connectivity index (χ1n) is 6.41. The van der Waals surface area contributed by atoms with Gasteiger partial charge in [0.25, 0.3) is 0 Å². The smallest absolute Gasteiger partial charge is 0.308 e. The highest BCUT2D eigenvalue weighted by Crippen LogP contribution is 2.30. The van der Waals surface area contributed by atoms with Crippen molar-refractivity contribution in [2.24, 2.45) is 18.9 Å². The van der Waals surface area contributed by atoms with E-state index >= 15 is 0 Å². The van der Waals surface area contributed by atoms with Gasteiger partial charge in [0.2, 0.25) is 5.91 Å². The van der Waals surface area contributed by atoms with Gasteiger partial charge in [-0.3, -0.25) is 14.3 Å². The third-order valence-electron chi connectivity index (χ3n) is 3.83. The van der Waals surface area contributed by atoms with Crippen molar-refractivity contribution < 1.29 is 14.7 Å². The zero-order chi connectivity index (χ0) is 14.2. The predicted octanol–water partition coefficient (Wildman–Crippen LogP) is 0.878. The molecular weight excluding hydrogens is 246 g/mol. The van der Waals surface area contributed by atoms with Crippen molar-refractivity contribution >= 4 is 11.9 Å². The van der Waals surface area contributed by atoms with Crippen molar-refractivity contribution in [3.63, 3.8) is 0 Å². The van der Waals surface area contributed by atoms with Gasteiger partial charge in [0.15, 0.2) is 0 Å². The second-order valence-corrected chi connectivity index (χ2v) is 5.29. The Hall–Kier alpha value is -1.85. The van der Waals surface area contributed by atoms with Crippen LogP contribution < -0.4 is 0 Å². The van der Waals surface area contributed by atoms with E-state index in [4.69, 9.17) is 0 Å². The summed E-state index contributed by atoms with van der Waals surface area (Å²) in [5.74, 6) is -1.47. The van der Waals surface area contributed by atoms with Crippen LogP contribution in [0.4, 0.5) is 0 Å². The van der Waals surface area contributed by atoms with Gasteiger partial charge in [-0.15, -0.1) is 0 Å². The number of nitrogens with zero attached hydrogens (tertiary/aromatic N) is 3. The first-order valence-corrected chi connectivity index (χ1v) is 6.41. The molecule has 3 unspecified atom stereocenters. The summed E-state index contributed by atoms with van der Waals surface area (Å²) in [5, 5.41) is 13.5. The van der Waals surface area contributed by atoms with Gasteiger partial charge in [-0.1, -0.05) is 6.92 Å². The molecule has 0 radical (unpaired) electrons. The minimum absolute atomic E-state index is 0.00292. The van der Waals surface area contributed by atoms with E-state index in [0.717, 1.165) is 5.69 Å². The van der Waals surface area contributed by atoms with Crippen LogP contribution in [-0.4, -0.2) is 37.7 Å². The zero-order valence-corrected chi connectivity index (χ0v) is 11.4. The SMILES string of the molecule is CC1CC(=O)N(Cc2ccn(C)n2)C(C)C1C(=O)O. The van der Waals surface area contributed by atoms with Gasteiger partial charge in [-0.2, -0.15) is 5.10 Å². The average Bonchev–Trinajstić information content (AvgIpc) is 2.69. The molecule has 1 fully saturated rings. The lowest BCUT2D eigenvalue weighted by Crippen LogP contribution is -2.52. The molecule has 1 amide bonds. The average molecular weight is 265 g/mol. The van der Waals surface area contributed by atoms with E-state index in [0.29, 0.717) is 6.54 Å².